The van der Waals surface area contributed by atoms with Crippen molar-refractivity contribution in [2.45, 2.75) is 19.3 Å². The molecule has 4 heterocycles. The predicted octanol–water partition coefficient (Wildman–Crippen LogP) is 6.25. The van der Waals surface area contributed by atoms with E-state index in [0.29, 0.717) is 72.6 Å². The summed E-state index contributed by atoms with van der Waals surface area (Å²) >= 11 is 0. The minimum atomic E-state index is -0.579. The molecule has 8 rings (SSSR count). The van der Waals surface area contributed by atoms with Crippen molar-refractivity contribution in [3.8, 4) is 5.88 Å². The zero-order valence-corrected chi connectivity index (χ0v) is 26.3. The first-order valence-electron chi connectivity index (χ1n) is 16.2. The average Bonchev–Trinajstić information content (AvgIpc) is 3.66. The van der Waals surface area contributed by atoms with Gasteiger partial charge in [0.2, 0.25) is 0 Å². The molecule has 0 atom stereocenters. The van der Waals surface area contributed by atoms with Crippen molar-refractivity contribution in [1.29, 1.82) is 0 Å². The number of hydrogen-bond acceptors (Lipinski definition) is 7. The SMILES string of the molecule is O=C(c1cc(Cc2n[nH]c(=O)c3ccccc23)ccc1F)N1CCC(CO/N=C2/C(c3c(O)[nH]c4ccccc34)=Nc3ccccc32)CC1. The first kappa shape index (κ1) is 30.2. The molecule has 2 aliphatic heterocycles. The lowest BCUT2D eigenvalue weighted by atomic mass is 9.96. The molecule has 49 heavy (non-hydrogen) atoms. The van der Waals surface area contributed by atoms with Crippen molar-refractivity contribution in [1.82, 2.24) is 20.1 Å². The van der Waals surface area contributed by atoms with E-state index < -0.39 is 5.82 Å². The normalized spacial score (nSPS) is 15.6. The van der Waals surface area contributed by atoms with Crippen LogP contribution in [0.5, 0.6) is 5.88 Å². The van der Waals surface area contributed by atoms with Crippen LogP contribution in [0.3, 0.4) is 0 Å². The molecule has 1 fully saturated rings. The molecule has 4 aromatic carbocycles. The van der Waals surface area contributed by atoms with Crippen LogP contribution in [0, 0.1) is 11.7 Å². The Labute approximate surface area is 279 Å². The Kier molecular flexibility index (Phi) is 7.71. The lowest BCUT2D eigenvalue weighted by molar-refractivity contribution is 0.0539. The Morgan fingerprint density at radius 1 is 0.959 bits per heavy atom. The lowest BCUT2D eigenvalue weighted by Gasteiger charge is -2.31. The van der Waals surface area contributed by atoms with E-state index in [1.165, 1.54) is 6.07 Å². The van der Waals surface area contributed by atoms with Gasteiger partial charge in [0.25, 0.3) is 11.5 Å². The number of nitrogens with one attached hydrogen (secondary N) is 2. The third-order valence-electron chi connectivity index (χ3n) is 9.31. The number of amides is 1. The van der Waals surface area contributed by atoms with Crippen LogP contribution in [0.15, 0.2) is 106 Å². The van der Waals surface area contributed by atoms with Crippen molar-refractivity contribution in [2.75, 3.05) is 19.7 Å². The molecular weight excluding hydrogens is 623 g/mol. The number of H-pyrrole nitrogens is 2. The maximum Gasteiger partial charge on any atom is 0.272 e. The van der Waals surface area contributed by atoms with Gasteiger partial charge in [-0.05, 0) is 54.7 Å². The molecule has 0 bridgehead atoms. The minimum Gasteiger partial charge on any atom is -0.494 e. The van der Waals surface area contributed by atoms with Crippen LogP contribution in [0.1, 0.15) is 45.6 Å². The highest BCUT2D eigenvalue weighted by molar-refractivity contribution is 6.58. The molecular formula is C38H31FN6O4. The van der Waals surface area contributed by atoms with E-state index in [1.807, 2.05) is 60.7 Å². The summed E-state index contributed by atoms with van der Waals surface area (Å²) in [6.07, 6.45) is 1.68. The summed E-state index contributed by atoms with van der Waals surface area (Å²) in [6.45, 7) is 1.25. The molecule has 244 valence electrons. The Hall–Kier alpha value is -6.10. The fourth-order valence-corrected chi connectivity index (χ4v) is 6.73. The van der Waals surface area contributed by atoms with E-state index in [4.69, 9.17) is 9.83 Å². The number of para-hydroxylation sites is 2. The molecule has 1 amide bonds. The second kappa shape index (κ2) is 12.5. The number of aromatic nitrogens is 3. The molecule has 0 unspecified atom stereocenters. The number of carbonyl (C=O) groups excluding carboxylic acids is 1. The standard InChI is InChI=1S/C38H31FN6O4/c39-29-14-13-23(20-32-24-7-1-2-8-25(24)36(46)43-42-32)19-28(29)38(48)45-17-15-22(16-18-45)21-49-44-34-27-10-4-6-12-31(27)40-35(34)33-26-9-3-5-11-30(26)41-37(33)47/h1-14,19,22,41,47H,15-18,20-21H2,(H,43,46)/b44-34+. The van der Waals surface area contributed by atoms with Crippen molar-refractivity contribution < 1.29 is 19.1 Å². The van der Waals surface area contributed by atoms with Crippen LogP contribution in [-0.4, -0.2) is 62.2 Å². The van der Waals surface area contributed by atoms with E-state index >= 15 is 0 Å². The van der Waals surface area contributed by atoms with Gasteiger partial charge in [0.05, 0.1) is 27.9 Å². The molecule has 0 radical (unpaired) electrons. The summed E-state index contributed by atoms with van der Waals surface area (Å²) < 4.78 is 15.0. The highest BCUT2D eigenvalue weighted by Gasteiger charge is 2.30. The monoisotopic (exact) mass is 654 g/mol. The first-order chi connectivity index (χ1) is 23.9. The van der Waals surface area contributed by atoms with Gasteiger partial charge >= 0.3 is 0 Å². The summed E-state index contributed by atoms with van der Waals surface area (Å²) in [4.78, 5) is 41.1. The van der Waals surface area contributed by atoms with Crippen LogP contribution in [0.4, 0.5) is 10.1 Å². The van der Waals surface area contributed by atoms with Crippen LogP contribution < -0.4 is 5.56 Å². The number of nitrogens with zero attached hydrogens (tertiary/aromatic N) is 4. The van der Waals surface area contributed by atoms with Crippen molar-refractivity contribution in [2.24, 2.45) is 16.1 Å². The topological polar surface area (TPSA) is 136 Å². The fourth-order valence-electron chi connectivity index (χ4n) is 6.73. The summed E-state index contributed by atoms with van der Waals surface area (Å²) in [5.41, 5.74) is 5.10. The van der Waals surface area contributed by atoms with Crippen LogP contribution in [0.25, 0.3) is 21.7 Å². The van der Waals surface area contributed by atoms with Gasteiger partial charge in [-0.15, -0.1) is 0 Å². The van der Waals surface area contributed by atoms with Crippen LogP contribution in [-0.2, 0) is 11.3 Å². The van der Waals surface area contributed by atoms with Gasteiger partial charge in [-0.25, -0.2) is 14.5 Å². The second-order valence-electron chi connectivity index (χ2n) is 12.4. The van der Waals surface area contributed by atoms with E-state index in [9.17, 15) is 19.1 Å². The minimum absolute atomic E-state index is 0.0135. The number of likely N-dealkylation sites (tertiary alicyclic amines) is 1. The largest absolute Gasteiger partial charge is 0.494 e. The van der Waals surface area contributed by atoms with E-state index in [0.717, 1.165) is 27.5 Å². The number of carbonyl (C=O) groups is 1. The average molecular weight is 655 g/mol. The van der Waals surface area contributed by atoms with E-state index in [-0.39, 0.29) is 28.8 Å². The van der Waals surface area contributed by atoms with Gasteiger partial charge in [-0.1, -0.05) is 65.8 Å². The number of benzene rings is 4. The predicted molar refractivity (Wildman–Crippen MR) is 185 cm³/mol. The summed E-state index contributed by atoms with van der Waals surface area (Å²) in [6, 6.07) is 27.0. The zero-order chi connectivity index (χ0) is 33.5. The number of oxime groups is 1. The van der Waals surface area contributed by atoms with Gasteiger partial charge < -0.3 is 19.8 Å². The number of halogens is 1. The van der Waals surface area contributed by atoms with Gasteiger partial charge in [0, 0.05) is 41.4 Å². The highest BCUT2D eigenvalue weighted by atomic mass is 19.1. The molecule has 6 aromatic rings. The fraction of sp³-hybridized carbons (Fsp3) is 0.184. The van der Waals surface area contributed by atoms with Gasteiger partial charge in [-0.2, -0.15) is 5.10 Å². The summed E-state index contributed by atoms with van der Waals surface area (Å²) in [7, 11) is 0. The Balaban J connectivity index is 0.938. The van der Waals surface area contributed by atoms with Gasteiger partial charge in [0.15, 0.2) is 5.88 Å². The smallest absolute Gasteiger partial charge is 0.272 e. The maximum absolute atomic E-state index is 15.0. The number of hydrogen-bond donors (Lipinski definition) is 3. The third kappa shape index (κ3) is 5.62. The molecule has 0 spiro atoms. The lowest BCUT2D eigenvalue weighted by Crippen LogP contribution is -2.39. The number of aromatic hydroxyl groups is 1. The molecule has 2 aromatic heterocycles. The van der Waals surface area contributed by atoms with Crippen molar-refractivity contribution in [3.63, 3.8) is 0 Å². The number of aliphatic imine (C=N–C) groups is 1. The summed E-state index contributed by atoms with van der Waals surface area (Å²) in [5, 5.41) is 24.2. The van der Waals surface area contributed by atoms with E-state index in [1.54, 1.807) is 29.2 Å². The Bertz CT molecular complexity index is 2370. The quantitative estimate of drug-likeness (QED) is 0.175. The highest BCUT2D eigenvalue weighted by Crippen LogP contribution is 2.36. The molecule has 0 saturated carbocycles. The Morgan fingerprint density at radius 2 is 1.69 bits per heavy atom. The molecule has 0 aliphatic carbocycles. The molecule has 11 heteroatoms. The number of aromatic amines is 2. The van der Waals surface area contributed by atoms with Crippen LogP contribution in [0.2, 0.25) is 0 Å². The van der Waals surface area contributed by atoms with Gasteiger partial charge in [-0.3, -0.25) is 9.59 Å². The van der Waals surface area contributed by atoms with Gasteiger partial charge in [0.1, 0.15) is 23.8 Å². The Morgan fingerprint density at radius 3 is 2.53 bits per heavy atom. The zero-order valence-electron chi connectivity index (χ0n) is 26.3. The van der Waals surface area contributed by atoms with Crippen molar-refractivity contribution >= 4 is 44.7 Å². The number of fused-ring (bicyclic) bond motifs is 3. The molecule has 3 N–H and O–H groups in total. The molecule has 1 saturated heterocycles. The third-order valence-corrected chi connectivity index (χ3v) is 9.31. The van der Waals surface area contributed by atoms with Crippen molar-refractivity contribution in [3.05, 3.63) is 135 Å². The molecule has 10 nitrogen and oxygen atoms in total. The first-order valence-corrected chi connectivity index (χ1v) is 16.2. The second-order valence-corrected chi connectivity index (χ2v) is 12.4. The summed E-state index contributed by atoms with van der Waals surface area (Å²) in [5.74, 6) is -0.784. The van der Waals surface area contributed by atoms with Crippen LogP contribution >= 0.6 is 0 Å². The number of piperidine rings is 1. The van der Waals surface area contributed by atoms with E-state index in [2.05, 4.69) is 20.3 Å². The number of rotatable bonds is 7. The maximum atomic E-state index is 15.0. The molecule has 2 aliphatic rings.